The summed E-state index contributed by atoms with van der Waals surface area (Å²) in [6, 6.07) is 3.15. The van der Waals surface area contributed by atoms with Crippen LogP contribution in [0.2, 0.25) is 0 Å². The summed E-state index contributed by atoms with van der Waals surface area (Å²) in [6.45, 7) is 1.85. The molecule has 1 amide bonds. The molecule has 0 radical (unpaired) electrons. The summed E-state index contributed by atoms with van der Waals surface area (Å²) in [7, 11) is -1.27. The summed E-state index contributed by atoms with van der Waals surface area (Å²) < 4.78 is 25.8. The van der Waals surface area contributed by atoms with Gasteiger partial charge in [0.1, 0.15) is 5.69 Å². The molecular weight excluding hydrogens is 302 g/mol. The zero-order valence-electron chi connectivity index (χ0n) is 12.9. The van der Waals surface area contributed by atoms with Crippen molar-refractivity contribution in [3.63, 3.8) is 0 Å². The number of aryl methyl sites for hydroxylation is 1. The maximum Gasteiger partial charge on any atom is 0.268 e. The number of aromatic nitrogens is 1. The molecule has 7 heteroatoms. The lowest BCUT2D eigenvalue weighted by Gasteiger charge is -2.35. The lowest BCUT2D eigenvalue weighted by molar-refractivity contribution is 0.0892. The Morgan fingerprint density at radius 2 is 1.95 bits per heavy atom. The van der Waals surface area contributed by atoms with Crippen LogP contribution in [0.4, 0.5) is 0 Å². The van der Waals surface area contributed by atoms with E-state index in [0.717, 1.165) is 25.9 Å². The molecule has 3 rings (SSSR count). The monoisotopic (exact) mass is 325 g/mol. The molecule has 1 aromatic heterocycles. The van der Waals surface area contributed by atoms with Gasteiger partial charge in [-0.2, -0.15) is 0 Å². The van der Waals surface area contributed by atoms with Crippen molar-refractivity contribution >= 4 is 15.7 Å². The average Bonchev–Trinajstić information content (AvgIpc) is 3.03. The van der Waals surface area contributed by atoms with Gasteiger partial charge in [0.15, 0.2) is 9.84 Å². The first-order valence-electron chi connectivity index (χ1n) is 7.83. The molecule has 122 valence electrons. The standard InChI is InChI=1S/C15H23N3O3S/c1-17-7-5-6-13(17)15(19)16-12-10-22(20,21)11-14(12)18-8-3-2-4-9-18/h5-7,12,14H,2-4,8-11H2,1H3,(H,16,19)/t12-,14+/m0/s1. The zero-order chi connectivity index (χ0) is 15.7. The minimum absolute atomic E-state index is 0.0460. The van der Waals surface area contributed by atoms with E-state index in [1.807, 2.05) is 19.3 Å². The second-order valence-corrected chi connectivity index (χ2v) is 8.48. The molecule has 0 saturated carbocycles. The van der Waals surface area contributed by atoms with Crippen LogP contribution in [-0.4, -0.2) is 60.5 Å². The molecule has 2 atom stereocenters. The zero-order valence-corrected chi connectivity index (χ0v) is 13.7. The van der Waals surface area contributed by atoms with E-state index in [1.165, 1.54) is 6.42 Å². The van der Waals surface area contributed by atoms with Crippen LogP contribution in [0, 0.1) is 0 Å². The Kier molecular flexibility index (Phi) is 4.27. The van der Waals surface area contributed by atoms with Crippen LogP contribution in [0.25, 0.3) is 0 Å². The Labute approximate surface area is 131 Å². The minimum atomic E-state index is -3.08. The van der Waals surface area contributed by atoms with Crippen LogP contribution < -0.4 is 5.32 Å². The summed E-state index contributed by atoms with van der Waals surface area (Å²) in [5.74, 6) is 0.00620. The first-order chi connectivity index (χ1) is 10.5. The molecular formula is C15H23N3O3S. The fourth-order valence-corrected chi connectivity index (χ4v) is 5.47. The van der Waals surface area contributed by atoms with Gasteiger partial charge in [-0.3, -0.25) is 9.69 Å². The van der Waals surface area contributed by atoms with Crippen molar-refractivity contribution in [2.75, 3.05) is 24.6 Å². The molecule has 1 N–H and O–H groups in total. The number of hydrogen-bond donors (Lipinski definition) is 1. The molecule has 1 aromatic rings. The van der Waals surface area contributed by atoms with Gasteiger partial charge in [0.05, 0.1) is 17.5 Å². The highest BCUT2D eigenvalue weighted by atomic mass is 32.2. The lowest BCUT2D eigenvalue weighted by atomic mass is 10.0. The first kappa shape index (κ1) is 15.6. The van der Waals surface area contributed by atoms with E-state index >= 15 is 0 Å². The molecule has 0 unspecified atom stereocenters. The first-order valence-corrected chi connectivity index (χ1v) is 9.65. The molecule has 0 aromatic carbocycles. The fourth-order valence-electron chi connectivity index (χ4n) is 3.52. The largest absolute Gasteiger partial charge is 0.347 e. The van der Waals surface area contributed by atoms with Crippen molar-refractivity contribution in [1.29, 1.82) is 0 Å². The van der Waals surface area contributed by atoms with Gasteiger partial charge in [-0.05, 0) is 38.1 Å². The Bertz CT molecular complexity index is 647. The van der Waals surface area contributed by atoms with Gasteiger partial charge < -0.3 is 9.88 Å². The molecule has 2 aliphatic heterocycles. The molecule has 0 bridgehead atoms. The Hall–Kier alpha value is -1.34. The Balaban J connectivity index is 1.75. The minimum Gasteiger partial charge on any atom is -0.347 e. The molecule has 2 saturated heterocycles. The predicted octanol–water partition coefficient (Wildman–Crippen LogP) is 0.406. The van der Waals surface area contributed by atoms with Gasteiger partial charge in [-0.1, -0.05) is 6.42 Å². The summed E-state index contributed by atoms with van der Waals surface area (Å²) in [4.78, 5) is 14.6. The SMILES string of the molecule is Cn1cccc1C(=O)N[C@H]1CS(=O)(=O)C[C@H]1N1CCCCC1. The molecule has 6 nitrogen and oxygen atoms in total. The number of rotatable bonds is 3. The van der Waals surface area contributed by atoms with Gasteiger partial charge >= 0.3 is 0 Å². The number of nitrogens with one attached hydrogen (secondary N) is 1. The summed E-state index contributed by atoms with van der Waals surface area (Å²) in [5.41, 5.74) is 0.557. The van der Waals surface area contributed by atoms with Crippen molar-refractivity contribution in [2.45, 2.75) is 31.3 Å². The van der Waals surface area contributed by atoms with E-state index < -0.39 is 9.84 Å². The quantitative estimate of drug-likeness (QED) is 0.873. The molecule has 2 fully saturated rings. The van der Waals surface area contributed by atoms with Crippen molar-refractivity contribution in [2.24, 2.45) is 7.05 Å². The van der Waals surface area contributed by atoms with Crippen LogP contribution in [0.3, 0.4) is 0 Å². The average molecular weight is 325 g/mol. The van der Waals surface area contributed by atoms with Crippen LogP contribution in [0.15, 0.2) is 18.3 Å². The number of amides is 1. The smallest absolute Gasteiger partial charge is 0.268 e. The van der Waals surface area contributed by atoms with E-state index in [0.29, 0.717) is 5.69 Å². The Morgan fingerprint density at radius 1 is 1.23 bits per heavy atom. The molecule has 0 spiro atoms. The molecule has 22 heavy (non-hydrogen) atoms. The topological polar surface area (TPSA) is 71.4 Å². The van der Waals surface area contributed by atoms with Gasteiger partial charge in [-0.25, -0.2) is 8.42 Å². The highest BCUT2D eigenvalue weighted by Gasteiger charge is 2.42. The highest BCUT2D eigenvalue weighted by molar-refractivity contribution is 7.91. The van der Waals surface area contributed by atoms with E-state index in [-0.39, 0.29) is 29.5 Å². The summed E-state index contributed by atoms with van der Waals surface area (Å²) in [6.07, 6.45) is 5.23. The number of sulfone groups is 1. The van der Waals surface area contributed by atoms with Crippen molar-refractivity contribution < 1.29 is 13.2 Å². The van der Waals surface area contributed by atoms with Crippen molar-refractivity contribution in [3.8, 4) is 0 Å². The van der Waals surface area contributed by atoms with Crippen molar-refractivity contribution in [1.82, 2.24) is 14.8 Å². The van der Waals surface area contributed by atoms with E-state index in [4.69, 9.17) is 0 Å². The van der Waals surface area contributed by atoms with Crippen molar-refractivity contribution in [3.05, 3.63) is 24.0 Å². The Morgan fingerprint density at radius 3 is 2.59 bits per heavy atom. The molecule has 0 aliphatic carbocycles. The molecule has 2 aliphatic rings. The summed E-state index contributed by atoms with van der Waals surface area (Å²) >= 11 is 0. The second kappa shape index (κ2) is 6.04. The number of carbonyl (C=O) groups is 1. The van der Waals surface area contributed by atoms with Crippen LogP contribution in [0.5, 0.6) is 0 Å². The van der Waals surface area contributed by atoms with Crippen LogP contribution in [0.1, 0.15) is 29.8 Å². The lowest BCUT2D eigenvalue weighted by Crippen LogP contribution is -2.52. The maximum absolute atomic E-state index is 12.4. The number of nitrogens with zero attached hydrogens (tertiary/aromatic N) is 2. The summed E-state index contributed by atoms with van der Waals surface area (Å²) in [5, 5.41) is 2.94. The number of piperidine rings is 1. The second-order valence-electron chi connectivity index (χ2n) is 6.33. The number of hydrogen-bond acceptors (Lipinski definition) is 4. The third-order valence-corrected chi connectivity index (χ3v) is 6.39. The predicted molar refractivity (Wildman–Crippen MR) is 84.5 cm³/mol. The van der Waals surface area contributed by atoms with Crippen LogP contribution >= 0.6 is 0 Å². The van der Waals surface area contributed by atoms with E-state index in [2.05, 4.69) is 10.2 Å². The third-order valence-electron chi connectivity index (χ3n) is 4.68. The van der Waals surface area contributed by atoms with E-state index in [9.17, 15) is 13.2 Å². The number of carbonyl (C=O) groups excluding carboxylic acids is 1. The molecule has 3 heterocycles. The fraction of sp³-hybridized carbons (Fsp3) is 0.667. The third kappa shape index (κ3) is 3.20. The van der Waals surface area contributed by atoms with E-state index in [1.54, 1.807) is 10.6 Å². The highest BCUT2D eigenvalue weighted by Crippen LogP contribution is 2.22. The van der Waals surface area contributed by atoms with Crippen LogP contribution in [-0.2, 0) is 16.9 Å². The maximum atomic E-state index is 12.4. The van der Waals surface area contributed by atoms with Gasteiger partial charge in [0.2, 0.25) is 0 Å². The number of likely N-dealkylation sites (tertiary alicyclic amines) is 1. The van der Waals surface area contributed by atoms with Gasteiger partial charge in [0.25, 0.3) is 5.91 Å². The van der Waals surface area contributed by atoms with Gasteiger partial charge in [0, 0.05) is 19.3 Å². The van der Waals surface area contributed by atoms with Gasteiger partial charge in [-0.15, -0.1) is 0 Å². The normalized spacial score (nSPS) is 28.6.